The fraction of sp³-hybridized carbons (Fsp3) is 0.833. The molecule has 1 rings (SSSR count). The van der Waals surface area contributed by atoms with Crippen LogP contribution in [-0.2, 0) is 0 Å². The Morgan fingerprint density at radius 1 is 0.450 bits per heavy atom. The first-order valence-corrected chi connectivity index (χ1v) is 20.1. The van der Waals surface area contributed by atoms with E-state index in [1.54, 1.807) is 0 Å². The summed E-state index contributed by atoms with van der Waals surface area (Å²) >= 11 is 0. The summed E-state index contributed by atoms with van der Waals surface area (Å²) in [6.07, 6.45) is 31.3. The van der Waals surface area contributed by atoms with E-state index >= 15 is 0 Å². The number of unbranched alkanes of at least 4 members (excludes halogenated alkanes) is 20. The zero-order valence-corrected chi connectivity index (χ0v) is 27.7. The molecule has 0 aliphatic heterocycles. The summed E-state index contributed by atoms with van der Waals surface area (Å²) in [4.78, 5) is 31.3. The number of rotatable bonds is 29. The average molecular weight is 581 g/mol. The summed E-state index contributed by atoms with van der Waals surface area (Å²) in [6, 6.07) is 11.1. The molecule has 1 atom stereocenters. The third-order valence-electron chi connectivity index (χ3n) is 8.82. The predicted molar refractivity (Wildman–Crippen MR) is 179 cm³/mol. The summed E-state index contributed by atoms with van der Waals surface area (Å²) in [5.74, 6) is 0.735. The van der Waals surface area contributed by atoms with Gasteiger partial charge < -0.3 is 0 Å². The van der Waals surface area contributed by atoms with Gasteiger partial charge in [0, 0.05) is 0 Å². The second kappa shape index (κ2) is 24.0. The Kier molecular flexibility index (Phi) is 22.6. The third kappa shape index (κ3) is 22.2. The van der Waals surface area contributed by atoms with Crippen molar-refractivity contribution in [3.8, 4) is 0 Å². The van der Waals surface area contributed by atoms with Gasteiger partial charge in [-0.2, -0.15) is 0 Å². The van der Waals surface area contributed by atoms with E-state index in [9.17, 15) is 14.7 Å². The van der Waals surface area contributed by atoms with Crippen molar-refractivity contribution < 1.29 is 14.7 Å². The average Bonchev–Trinajstić information content (AvgIpc) is 2.94. The van der Waals surface area contributed by atoms with Crippen molar-refractivity contribution in [1.82, 2.24) is 0 Å². The predicted octanol–water partition coefficient (Wildman–Crippen LogP) is 11.8. The molecular formula is C36H69O3P. The molecule has 0 saturated heterocycles. The van der Waals surface area contributed by atoms with Crippen LogP contribution in [0.1, 0.15) is 186 Å². The van der Waals surface area contributed by atoms with Crippen LogP contribution in [0.3, 0.4) is 0 Å². The van der Waals surface area contributed by atoms with Crippen LogP contribution in [-0.4, -0.2) is 27.0 Å². The molecule has 1 aromatic carbocycles. The quantitative estimate of drug-likeness (QED) is 0.0652. The molecule has 236 valence electrons. The molecule has 3 nitrogen and oxygen atoms in total. The SMILES string of the molecule is CCCCCCCCCCCCCP(O)(O)(O)CCCCCCCCCCCCC(CCCC)c1ccccc1. The monoisotopic (exact) mass is 580 g/mol. The van der Waals surface area contributed by atoms with Gasteiger partial charge in [0.2, 0.25) is 0 Å². The van der Waals surface area contributed by atoms with Crippen LogP contribution in [0.15, 0.2) is 30.3 Å². The van der Waals surface area contributed by atoms with E-state index in [0.717, 1.165) is 44.4 Å². The Morgan fingerprint density at radius 2 is 0.800 bits per heavy atom. The van der Waals surface area contributed by atoms with Crippen LogP contribution in [0, 0.1) is 0 Å². The normalized spacial score (nSPS) is 13.8. The molecule has 1 unspecified atom stereocenters. The van der Waals surface area contributed by atoms with E-state index in [2.05, 4.69) is 44.2 Å². The molecule has 0 radical (unpaired) electrons. The Balaban J connectivity index is 1.95. The minimum absolute atomic E-state index is 0.200. The fourth-order valence-corrected chi connectivity index (χ4v) is 8.07. The molecule has 4 heteroatoms. The van der Waals surface area contributed by atoms with Gasteiger partial charge in [0.15, 0.2) is 0 Å². The Morgan fingerprint density at radius 3 is 1.23 bits per heavy atom. The summed E-state index contributed by atoms with van der Waals surface area (Å²) in [7, 11) is -4.40. The van der Waals surface area contributed by atoms with Crippen LogP contribution in [0.25, 0.3) is 0 Å². The first-order chi connectivity index (χ1) is 19.4. The maximum atomic E-state index is 10.4. The molecular weight excluding hydrogens is 511 g/mol. The van der Waals surface area contributed by atoms with E-state index in [4.69, 9.17) is 0 Å². The molecule has 0 heterocycles. The Bertz CT molecular complexity index is 670. The Labute approximate surface area is 250 Å². The van der Waals surface area contributed by atoms with Crippen LogP contribution >= 0.6 is 7.28 Å². The molecule has 0 fully saturated rings. The standard InChI is InChI=1S/C36H69O3P/c1-3-5-7-8-9-10-12-15-18-21-27-33-40(37,38,39)34-28-22-19-16-13-11-14-17-20-24-30-35(29-6-4-2)36-31-25-23-26-32-36/h23,25-26,31-32,35,37-39H,3-22,24,27-30,33-34H2,1-2H3. The molecule has 0 aromatic heterocycles. The first kappa shape index (κ1) is 37.6. The van der Waals surface area contributed by atoms with E-state index < -0.39 is 7.28 Å². The molecule has 0 spiro atoms. The van der Waals surface area contributed by atoms with Crippen molar-refractivity contribution in [3.05, 3.63) is 35.9 Å². The van der Waals surface area contributed by atoms with E-state index in [1.165, 1.54) is 128 Å². The maximum absolute atomic E-state index is 10.4. The van der Waals surface area contributed by atoms with E-state index in [1.807, 2.05) is 0 Å². The fourth-order valence-electron chi connectivity index (χ4n) is 6.11. The van der Waals surface area contributed by atoms with Crippen molar-refractivity contribution in [2.45, 2.75) is 180 Å². The molecule has 0 aliphatic rings. The van der Waals surface area contributed by atoms with Crippen LogP contribution in [0.2, 0.25) is 0 Å². The minimum Gasteiger partial charge on any atom is -0.0654 e. The summed E-state index contributed by atoms with van der Waals surface area (Å²) in [6.45, 7) is 4.55. The minimum atomic E-state index is -4.40. The summed E-state index contributed by atoms with van der Waals surface area (Å²) in [5.41, 5.74) is 1.53. The molecule has 1 aromatic rings. The van der Waals surface area contributed by atoms with Crippen LogP contribution in [0.5, 0.6) is 0 Å². The Hall–Kier alpha value is -0.470. The van der Waals surface area contributed by atoms with Crippen molar-refractivity contribution in [2.75, 3.05) is 12.3 Å². The van der Waals surface area contributed by atoms with Gasteiger partial charge in [0.25, 0.3) is 0 Å². The molecule has 3 N–H and O–H groups in total. The molecule has 0 aliphatic carbocycles. The molecule has 0 amide bonds. The van der Waals surface area contributed by atoms with Gasteiger partial charge in [-0.25, -0.2) is 0 Å². The van der Waals surface area contributed by atoms with Gasteiger partial charge in [0.05, 0.1) is 0 Å². The van der Waals surface area contributed by atoms with Crippen LogP contribution < -0.4 is 0 Å². The van der Waals surface area contributed by atoms with Crippen molar-refractivity contribution in [2.24, 2.45) is 0 Å². The van der Waals surface area contributed by atoms with Crippen molar-refractivity contribution in [3.63, 3.8) is 0 Å². The zero-order valence-electron chi connectivity index (χ0n) is 26.8. The van der Waals surface area contributed by atoms with E-state index in [-0.39, 0.29) is 12.3 Å². The zero-order chi connectivity index (χ0) is 29.2. The second-order valence-corrected chi connectivity index (χ2v) is 16.5. The molecule has 0 saturated carbocycles. The first-order valence-electron chi connectivity index (χ1n) is 17.7. The van der Waals surface area contributed by atoms with Crippen molar-refractivity contribution >= 4 is 7.28 Å². The van der Waals surface area contributed by atoms with Gasteiger partial charge in [0.1, 0.15) is 0 Å². The second-order valence-electron chi connectivity index (χ2n) is 12.9. The number of benzene rings is 1. The van der Waals surface area contributed by atoms with Gasteiger partial charge in [-0.1, -0.05) is 57.0 Å². The third-order valence-corrected chi connectivity index (χ3v) is 11.3. The van der Waals surface area contributed by atoms with Gasteiger partial charge in [-0.15, -0.1) is 0 Å². The van der Waals surface area contributed by atoms with Crippen molar-refractivity contribution in [1.29, 1.82) is 0 Å². The molecule has 0 bridgehead atoms. The van der Waals surface area contributed by atoms with E-state index in [0.29, 0.717) is 0 Å². The number of hydrogen-bond donors (Lipinski definition) is 3. The summed E-state index contributed by atoms with van der Waals surface area (Å²) < 4.78 is 0. The van der Waals surface area contributed by atoms with Gasteiger partial charge in [-0.05, 0) is 17.9 Å². The smallest absolute Gasteiger partial charge is 0.0654 e. The number of hydrogen-bond acceptors (Lipinski definition) is 3. The van der Waals surface area contributed by atoms with Crippen LogP contribution in [0.4, 0.5) is 0 Å². The topological polar surface area (TPSA) is 60.7 Å². The molecule has 40 heavy (non-hydrogen) atoms. The summed E-state index contributed by atoms with van der Waals surface area (Å²) in [5, 5.41) is 0. The van der Waals surface area contributed by atoms with Gasteiger partial charge in [-0.3, -0.25) is 0 Å². The van der Waals surface area contributed by atoms with Gasteiger partial charge >= 0.3 is 176 Å².